The van der Waals surface area contributed by atoms with Gasteiger partial charge in [-0.2, -0.15) is 0 Å². The second kappa shape index (κ2) is 5.27. The minimum Gasteiger partial charge on any atom is -0.496 e. The van der Waals surface area contributed by atoms with Gasteiger partial charge in [0.25, 0.3) is 0 Å². The van der Waals surface area contributed by atoms with Crippen molar-refractivity contribution in [2.24, 2.45) is 5.41 Å². The lowest BCUT2D eigenvalue weighted by molar-refractivity contribution is -0.142. The first-order valence-corrected chi connectivity index (χ1v) is 7.51. The van der Waals surface area contributed by atoms with Gasteiger partial charge in [-0.15, -0.1) is 0 Å². The maximum absolute atomic E-state index is 12.6. The molecule has 0 saturated heterocycles. The summed E-state index contributed by atoms with van der Waals surface area (Å²) in [6, 6.07) is 7.55. The largest absolute Gasteiger partial charge is 0.496 e. The molecule has 0 saturated carbocycles. The lowest BCUT2D eigenvalue weighted by atomic mass is 9.71. The highest BCUT2D eigenvalue weighted by Crippen LogP contribution is 2.47. The van der Waals surface area contributed by atoms with E-state index >= 15 is 0 Å². The summed E-state index contributed by atoms with van der Waals surface area (Å²) in [5.41, 5.74) is 1.37. The van der Waals surface area contributed by atoms with Crippen molar-refractivity contribution in [1.82, 2.24) is 0 Å². The predicted molar refractivity (Wildman–Crippen MR) is 81.5 cm³/mol. The number of benzene rings is 1. The van der Waals surface area contributed by atoms with E-state index in [4.69, 9.17) is 9.47 Å². The number of ether oxygens (including phenoxy) is 2. The molecule has 2 aliphatic rings. The third kappa shape index (κ3) is 2.54. The molecular formula is C18H20O4. The van der Waals surface area contributed by atoms with Crippen molar-refractivity contribution in [3.8, 4) is 5.75 Å². The summed E-state index contributed by atoms with van der Waals surface area (Å²) in [6.45, 7) is 4.05. The quantitative estimate of drug-likeness (QED) is 0.786. The van der Waals surface area contributed by atoms with Crippen molar-refractivity contribution in [3.05, 3.63) is 41.2 Å². The first kappa shape index (κ1) is 14.8. The van der Waals surface area contributed by atoms with Crippen molar-refractivity contribution >= 4 is 11.8 Å². The number of para-hydroxylation sites is 1. The monoisotopic (exact) mass is 300 g/mol. The van der Waals surface area contributed by atoms with Crippen LogP contribution >= 0.6 is 0 Å². The number of esters is 1. The van der Waals surface area contributed by atoms with Gasteiger partial charge in [-0.3, -0.25) is 9.59 Å². The van der Waals surface area contributed by atoms with Crippen LogP contribution in [-0.2, 0) is 14.3 Å². The normalized spacial score (nSPS) is 23.9. The first-order chi connectivity index (χ1) is 10.4. The summed E-state index contributed by atoms with van der Waals surface area (Å²) in [7, 11) is 1.60. The van der Waals surface area contributed by atoms with Crippen LogP contribution in [0.5, 0.6) is 5.75 Å². The van der Waals surface area contributed by atoms with Crippen LogP contribution in [0.4, 0.5) is 0 Å². The lowest BCUT2D eigenvalue weighted by Crippen LogP contribution is -2.34. The molecule has 0 bridgehead atoms. The highest BCUT2D eigenvalue weighted by Gasteiger charge is 2.42. The highest BCUT2D eigenvalue weighted by atomic mass is 16.5. The van der Waals surface area contributed by atoms with Gasteiger partial charge in [0.15, 0.2) is 5.78 Å². The van der Waals surface area contributed by atoms with E-state index in [0.717, 1.165) is 5.56 Å². The zero-order valence-electron chi connectivity index (χ0n) is 13.1. The van der Waals surface area contributed by atoms with Gasteiger partial charge in [0.1, 0.15) is 11.5 Å². The fraction of sp³-hybridized carbons (Fsp3) is 0.444. The zero-order chi connectivity index (χ0) is 15.9. The molecule has 1 heterocycles. The van der Waals surface area contributed by atoms with Gasteiger partial charge in [0.05, 0.1) is 13.5 Å². The summed E-state index contributed by atoms with van der Waals surface area (Å²) in [6.07, 6.45) is 1.28. The number of Topliss-reactive ketones (excluding diaryl/α,β-unsaturated/α-hetero) is 1. The molecule has 4 heteroatoms. The Morgan fingerprint density at radius 1 is 1.18 bits per heavy atom. The van der Waals surface area contributed by atoms with Crippen molar-refractivity contribution < 1.29 is 19.1 Å². The molecule has 0 aromatic heterocycles. The van der Waals surface area contributed by atoms with E-state index in [9.17, 15) is 9.59 Å². The van der Waals surface area contributed by atoms with Crippen LogP contribution in [0.15, 0.2) is 35.6 Å². The Bertz CT molecular complexity index is 669. The average Bonchev–Trinajstić information content (AvgIpc) is 2.44. The standard InChI is InChI=1S/C18H20O4/c1-18(2)9-13(19)17-12(8-16(20)22-15(17)10-18)11-6-4-5-7-14(11)21-3/h4-7,12H,8-10H2,1-3H3/t12-/m0/s1. The second-order valence-corrected chi connectivity index (χ2v) is 6.75. The fourth-order valence-electron chi connectivity index (χ4n) is 3.43. The molecule has 1 aliphatic carbocycles. The van der Waals surface area contributed by atoms with E-state index in [1.54, 1.807) is 7.11 Å². The molecule has 0 amide bonds. The Morgan fingerprint density at radius 2 is 1.91 bits per heavy atom. The smallest absolute Gasteiger partial charge is 0.311 e. The molecule has 116 valence electrons. The van der Waals surface area contributed by atoms with Crippen LogP contribution in [0, 0.1) is 5.41 Å². The number of rotatable bonds is 2. The Morgan fingerprint density at radius 3 is 2.64 bits per heavy atom. The van der Waals surface area contributed by atoms with E-state index in [0.29, 0.717) is 29.9 Å². The van der Waals surface area contributed by atoms with Crippen LogP contribution in [-0.4, -0.2) is 18.9 Å². The summed E-state index contributed by atoms with van der Waals surface area (Å²) in [5, 5.41) is 0. The van der Waals surface area contributed by atoms with Gasteiger partial charge in [-0.05, 0) is 11.5 Å². The van der Waals surface area contributed by atoms with Crippen LogP contribution in [0.25, 0.3) is 0 Å². The van der Waals surface area contributed by atoms with Gasteiger partial charge in [-0.1, -0.05) is 32.0 Å². The van der Waals surface area contributed by atoms with Crippen LogP contribution in [0.1, 0.15) is 44.6 Å². The summed E-state index contributed by atoms with van der Waals surface area (Å²) in [5.74, 6) is 0.783. The number of hydrogen-bond donors (Lipinski definition) is 0. The molecule has 1 atom stereocenters. The van der Waals surface area contributed by atoms with Crippen molar-refractivity contribution in [3.63, 3.8) is 0 Å². The van der Waals surface area contributed by atoms with Gasteiger partial charge in [-0.25, -0.2) is 0 Å². The zero-order valence-corrected chi connectivity index (χ0v) is 13.1. The van der Waals surface area contributed by atoms with Gasteiger partial charge >= 0.3 is 5.97 Å². The second-order valence-electron chi connectivity index (χ2n) is 6.75. The molecule has 0 radical (unpaired) electrons. The van der Waals surface area contributed by atoms with Crippen LogP contribution in [0.2, 0.25) is 0 Å². The maximum Gasteiger partial charge on any atom is 0.311 e. The van der Waals surface area contributed by atoms with E-state index in [1.165, 1.54) is 0 Å². The van der Waals surface area contributed by atoms with Crippen LogP contribution in [0.3, 0.4) is 0 Å². The fourth-order valence-corrected chi connectivity index (χ4v) is 3.43. The number of methoxy groups -OCH3 is 1. The molecular weight excluding hydrogens is 280 g/mol. The Balaban J connectivity index is 2.11. The maximum atomic E-state index is 12.6. The Hall–Kier alpha value is -2.10. The molecule has 22 heavy (non-hydrogen) atoms. The number of allylic oxidation sites excluding steroid dienone is 2. The molecule has 0 spiro atoms. The topological polar surface area (TPSA) is 52.6 Å². The van der Waals surface area contributed by atoms with E-state index in [2.05, 4.69) is 0 Å². The SMILES string of the molecule is COc1ccccc1[C@@H]1CC(=O)OC2=C1C(=O)CC(C)(C)C2. The highest BCUT2D eigenvalue weighted by molar-refractivity contribution is 6.00. The first-order valence-electron chi connectivity index (χ1n) is 7.51. The minimum absolute atomic E-state index is 0.0784. The molecule has 1 aromatic carbocycles. The molecule has 1 aliphatic heterocycles. The van der Waals surface area contributed by atoms with Gasteiger partial charge < -0.3 is 9.47 Å². The van der Waals surface area contributed by atoms with Crippen LogP contribution < -0.4 is 4.74 Å². The lowest BCUT2D eigenvalue weighted by Gasteiger charge is -2.36. The van der Waals surface area contributed by atoms with Crippen molar-refractivity contribution in [1.29, 1.82) is 0 Å². The van der Waals surface area contributed by atoms with E-state index in [1.807, 2.05) is 38.1 Å². The molecule has 4 nitrogen and oxygen atoms in total. The number of hydrogen-bond acceptors (Lipinski definition) is 4. The summed E-state index contributed by atoms with van der Waals surface area (Å²) in [4.78, 5) is 24.7. The number of ketones is 1. The number of carbonyl (C=O) groups excluding carboxylic acids is 2. The average molecular weight is 300 g/mol. The molecule has 0 N–H and O–H groups in total. The summed E-state index contributed by atoms with van der Waals surface area (Å²) >= 11 is 0. The summed E-state index contributed by atoms with van der Waals surface area (Å²) < 4.78 is 10.8. The molecule has 3 rings (SSSR count). The Kier molecular flexibility index (Phi) is 3.55. The number of carbonyl (C=O) groups is 2. The van der Waals surface area contributed by atoms with E-state index < -0.39 is 0 Å². The molecule has 0 fully saturated rings. The molecule has 0 unspecified atom stereocenters. The van der Waals surface area contributed by atoms with Gasteiger partial charge in [0.2, 0.25) is 0 Å². The van der Waals surface area contributed by atoms with Crippen molar-refractivity contribution in [2.45, 2.75) is 39.0 Å². The Labute approximate surface area is 130 Å². The van der Waals surface area contributed by atoms with E-state index in [-0.39, 0.29) is 29.5 Å². The minimum atomic E-state index is -0.278. The molecule has 1 aromatic rings. The third-order valence-corrected chi connectivity index (χ3v) is 4.35. The predicted octanol–water partition coefficient (Wildman–Crippen LogP) is 3.37. The third-order valence-electron chi connectivity index (χ3n) is 4.35. The van der Waals surface area contributed by atoms with Crippen molar-refractivity contribution in [2.75, 3.05) is 7.11 Å². The van der Waals surface area contributed by atoms with Gasteiger partial charge in [0, 0.05) is 29.9 Å².